The first kappa shape index (κ1) is 16.6. The summed E-state index contributed by atoms with van der Waals surface area (Å²) in [7, 11) is 0. The minimum Gasteiger partial charge on any atom is -0.394 e. The smallest absolute Gasteiger partial charge is 0.147 e. The summed E-state index contributed by atoms with van der Waals surface area (Å²) in [5, 5.41) is 13.8. The lowest BCUT2D eigenvalue weighted by Crippen LogP contribution is -2.32. The number of aliphatic hydroxyl groups excluding tert-OH is 1. The second kappa shape index (κ2) is 6.16. The maximum atomic E-state index is 9.46. The second-order valence-corrected chi connectivity index (χ2v) is 8.11. The summed E-state index contributed by atoms with van der Waals surface area (Å²) in [6.07, 6.45) is 3.21. The lowest BCUT2D eigenvalue weighted by Gasteiger charge is -2.30. The Hall–Kier alpha value is -1.83. The highest BCUT2D eigenvalue weighted by molar-refractivity contribution is 7.25. The third-order valence-electron chi connectivity index (χ3n) is 4.68. The molecule has 0 saturated heterocycles. The van der Waals surface area contributed by atoms with Gasteiger partial charge in [0.25, 0.3) is 0 Å². The molecule has 0 amide bonds. The van der Waals surface area contributed by atoms with E-state index in [0.717, 1.165) is 50.4 Å². The molecule has 0 saturated carbocycles. The first-order valence-electron chi connectivity index (χ1n) is 8.58. The number of anilines is 1. The van der Waals surface area contributed by atoms with Crippen LogP contribution < -0.4 is 5.32 Å². The quantitative estimate of drug-likeness (QED) is 0.745. The molecule has 4 heterocycles. The van der Waals surface area contributed by atoms with E-state index >= 15 is 0 Å². The predicted octanol–water partition coefficient (Wildman–Crippen LogP) is 3.27. The molecule has 7 heteroatoms. The number of aromatic nitrogens is 3. The summed E-state index contributed by atoms with van der Waals surface area (Å²) in [5.41, 5.74) is 2.98. The molecule has 6 nitrogen and oxygen atoms in total. The van der Waals surface area contributed by atoms with E-state index in [1.54, 1.807) is 17.7 Å². The number of thiophene rings is 1. The number of nitrogens with zero attached hydrogens (tertiary/aromatic N) is 3. The molecule has 0 aliphatic carbocycles. The fourth-order valence-corrected chi connectivity index (χ4v) is 4.24. The number of hydrogen-bond donors (Lipinski definition) is 2. The summed E-state index contributed by atoms with van der Waals surface area (Å²) in [6.45, 7) is 6.89. The maximum absolute atomic E-state index is 9.46. The van der Waals surface area contributed by atoms with Crippen molar-refractivity contribution in [2.75, 3.05) is 11.9 Å². The van der Waals surface area contributed by atoms with E-state index in [1.165, 1.54) is 0 Å². The SMILES string of the molecule is CC[C@H](CO)Nc1ncnc2c1sc1nc3c(cc12)COC(C)(C)C3. The van der Waals surface area contributed by atoms with Gasteiger partial charge in [-0.25, -0.2) is 15.0 Å². The van der Waals surface area contributed by atoms with Gasteiger partial charge in [-0.05, 0) is 26.3 Å². The van der Waals surface area contributed by atoms with E-state index in [-0.39, 0.29) is 18.2 Å². The minimum absolute atomic E-state index is 0.0151. The van der Waals surface area contributed by atoms with E-state index in [9.17, 15) is 5.11 Å². The molecule has 1 aliphatic heterocycles. The molecule has 4 rings (SSSR count). The Morgan fingerprint density at radius 1 is 1.40 bits per heavy atom. The highest BCUT2D eigenvalue weighted by atomic mass is 32.1. The van der Waals surface area contributed by atoms with Gasteiger partial charge < -0.3 is 15.2 Å². The van der Waals surface area contributed by atoms with Gasteiger partial charge in [-0.3, -0.25) is 0 Å². The van der Waals surface area contributed by atoms with Crippen molar-refractivity contribution in [3.05, 3.63) is 23.7 Å². The molecule has 0 bridgehead atoms. The average molecular weight is 358 g/mol. The largest absolute Gasteiger partial charge is 0.394 e. The molecule has 0 radical (unpaired) electrons. The number of nitrogens with one attached hydrogen (secondary N) is 1. The highest BCUT2D eigenvalue weighted by Crippen LogP contribution is 2.38. The number of fused-ring (bicyclic) bond motifs is 4. The van der Waals surface area contributed by atoms with E-state index in [2.05, 4.69) is 35.2 Å². The molecule has 25 heavy (non-hydrogen) atoms. The molecular weight excluding hydrogens is 336 g/mol. The molecule has 2 N–H and O–H groups in total. The fourth-order valence-electron chi connectivity index (χ4n) is 3.16. The van der Waals surface area contributed by atoms with Gasteiger partial charge in [0.2, 0.25) is 0 Å². The van der Waals surface area contributed by atoms with Gasteiger partial charge in [-0.1, -0.05) is 6.92 Å². The van der Waals surface area contributed by atoms with E-state index in [1.807, 2.05) is 6.92 Å². The van der Waals surface area contributed by atoms with Crippen molar-refractivity contribution in [3.63, 3.8) is 0 Å². The standard InChI is InChI=1S/C18H22N4O2S/c1-4-11(7-23)21-16-15-14(19-9-20-16)12-5-10-8-24-18(2,3)6-13(10)22-17(12)25-15/h5,9,11,23H,4,6-8H2,1-3H3,(H,19,20,21)/t11-/m1/s1. The monoisotopic (exact) mass is 358 g/mol. The third-order valence-corrected chi connectivity index (χ3v) is 5.77. The number of pyridine rings is 1. The second-order valence-electron chi connectivity index (χ2n) is 7.11. The van der Waals surface area contributed by atoms with Crippen molar-refractivity contribution in [1.29, 1.82) is 0 Å². The zero-order valence-corrected chi connectivity index (χ0v) is 15.5. The van der Waals surface area contributed by atoms with E-state index in [0.29, 0.717) is 6.61 Å². The van der Waals surface area contributed by atoms with Crippen molar-refractivity contribution in [2.45, 2.75) is 51.9 Å². The molecule has 0 spiro atoms. The third kappa shape index (κ3) is 2.96. The number of aliphatic hydroxyl groups is 1. The molecule has 0 aromatic carbocycles. The van der Waals surface area contributed by atoms with Gasteiger partial charge in [0, 0.05) is 17.4 Å². The van der Waals surface area contributed by atoms with Gasteiger partial charge in [0.15, 0.2) is 0 Å². The Bertz CT molecular complexity index is 934. The van der Waals surface area contributed by atoms with Crippen molar-refractivity contribution < 1.29 is 9.84 Å². The summed E-state index contributed by atoms with van der Waals surface area (Å²) >= 11 is 1.60. The van der Waals surface area contributed by atoms with Crippen LogP contribution in [0.15, 0.2) is 12.4 Å². The number of hydrogen-bond acceptors (Lipinski definition) is 7. The zero-order valence-electron chi connectivity index (χ0n) is 14.7. The topological polar surface area (TPSA) is 80.2 Å². The zero-order chi connectivity index (χ0) is 17.6. The van der Waals surface area contributed by atoms with Crippen LogP contribution in [0.25, 0.3) is 20.4 Å². The van der Waals surface area contributed by atoms with E-state index < -0.39 is 0 Å². The Morgan fingerprint density at radius 3 is 3.00 bits per heavy atom. The van der Waals surface area contributed by atoms with Crippen LogP contribution in [0.5, 0.6) is 0 Å². The van der Waals surface area contributed by atoms with Crippen LogP contribution in [0.3, 0.4) is 0 Å². The van der Waals surface area contributed by atoms with Crippen LogP contribution in [0.4, 0.5) is 5.82 Å². The van der Waals surface area contributed by atoms with Crippen LogP contribution in [0.1, 0.15) is 38.4 Å². The Labute approximate surface area is 150 Å². The van der Waals surface area contributed by atoms with Crippen molar-refractivity contribution in [3.8, 4) is 0 Å². The van der Waals surface area contributed by atoms with Gasteiger partial charge in [0.1, 0.15) is 17.0 Å². The summed E-state index contributed by atoms with van der Waals surface area (Å²) in [5.74, 6) is 0.767. The molecule has 3 aromatic heterocycles. The summed E-state index contributed by atoms with van der Waals surface area (Å²) in [4.78, 5) is 14.7. The molecule has 0 unspecified atom stereocenters. The van der Waals surface area contributed by atoms with Gasteiger partial charge in [-0.15, -0.1) is 11.3 Å². The molecule has 0 fully saturated rings. The van der Waals surface area contributed by atoms with Gasteiger partial charge >= 0.3 is 0 Å². The lowest BCUT2D eigenvalue weighted by molar-refractivity contribution is -0.0411. The van der Waals surface area contributed by atoms with E-state index in [4.69, 9.17) is 9.72 Å². The molecule has 1 aliphatic rings. The molecule has 132 valence electrons. The van der Waals surface area contributed by atoms with Crippen molar-refractivity contribution in [2.24, 2.45) is 0 Å². The normalized spacial score (nSPS) is 17.6. The first-order valence-corrected chi connectivity index (χ1v) is 9.39. The minimum atomic E-state index is -0.174. The van der Waals surface area contributed by atoms with Gasteiger partial charge in [0.05, 0.1) is 40.8 Å². The van der Waals surface area contributed by atoms with Crippen molar-refractivity contribution >= 4 is 37.6 Å². The van der Waals surface area contributed by atoms with Crippen LogP contribution >= 0.6 is 11.3 Å². The Morgan fingerprint density at radius 2 is 2.24 bits per heavy atom. The van der Waals surface area contributed by atoms with Crippen LogP contribution in [-0.2, 0) is 17.8 Å². The fraction of sp³-hybridized carbons (Fsp3) is 0.500. The van der Waals surface area contributed by atoms with Crippen LogP contribution in [0, 0.1) is 0 Å². The summed E-state index contributed by atoms with van der Waals surface area (Å²) < 4.78 is 6.91. The molecule has 1 atom stereocenters. The predicted molar refractivity (Wildman–Crippen MR) is 100 cm³/mol. The summed E-state index contributed by atoms with van der Waals surface area (Å²) in [6, 6.07) is 2.14. The van der Waals surface area contributed by atoms with Crippen LogP contribution in [0.2, 0.25) is 0 Å². The van der Waals surface area contributed by atoms with Crippen LogP contribution in [-0.4, -0.2) is 38.3 Å². The highest BCUT2D eigenvalue weighted by Gasteiger charge is 2.28. The number of rotatable bonds is 4. The van der Waals surface area contributed by atoms with Crippen molar-refractivity contribution in [1.82, 2.24) is 15.0 Å². The number of ether oxygens (including phenoxy) is 1. The maximum Gasteiger partial charge on any atom is 0.147 e. The Kier molecular flexibility index (Phi) is 4.10. The first-order chi connectivity index (χ1) is 12.0. The van der Waals surface area contributed by atoms with Gasteiger partial charge in [-0.2, -0.15) is 0 Å². The molecule has 3 aromatic rings. The molecular formula is C18H22N4O2S. The Balaban J connectivity index is 1.84. The average Bonchev–Trinajstić information content (AvgIpc) is 2.95. The lowest BCUT2D eigenvalue weighted by atomic mass is 9.95.